The second-order valence-electron chi connectivity index (χ2n) is 4.61. The molecule has 0 amide bonds. The van der Waals surface area contributed by atoms with Crippen molar-refractivity contribution in [3.8, 4) is 0 Å². The summed E-state index contributed by atoms with van der Waals surface area (Å²) in [6, 6.07) is 7.14. The van der Waals surface area contributed by atoms with Crippen LogP contribution < -0.4 is 5.32 Å². The van der Waals surface area contributed by atoms with Crippen molar-refractivity contribution in [1.82, 2.24) is 10.3 Å². The molecule has 0 saturated carbocycles. The molecule has 2 aromatic rings. The normalized spacial score (nSPS) is 14.1. The van der Waals surface area contributed by atoms with Gasteiger partial charge in [0, 0.05) is 23.9 Å². The quantitative estimate of drug-likeness (QED) is 0.866. The van der Waals surface area contributed by atoms with E-state index in [1.165, 1.54) is 0 Å². The van der Waals surface area contributed by atoms with Gasteiger partial charge in [0.2, 0.25) is 0 Å². The van der Waals surface area contributed by atoms with E-state index in [0.717, 1.165) is 17.8 Å². The van der Waals surface area contributed by atoms with Crippen LogP contribution in [0.25, 0.3) is 0 Å². The lowest BCUT2D eigenvalue weighted by Gasteiger charge is -2.24. The van der Waals surface area contributed by atoms with Crippen LogP contribution in [-0.4, -0.2) is 12.0 Å². The van der Waals surface area contributed by atoms with Crippen molar-refractivity contribution in [3.05, 3.63) is 65.2 Å². The second kappa shape index (κ2) is 6.05. The van der Waals surface area contributed by atoms with E-state index >= 15 is 0 Å². The average molecular weight is 280 g/mol. The zero-order chi connectivity index (χ0) is 14.7. The average Bonchev–Trinajstić information content (AvgIpc) is 2.46. The number of pyridine rings is 1. The Hall–Kier alpha value is -1.88. The van der Waals surface area contributed by atoms with Crippen molar-refractivity contribution in [2.75, 3.05) is 7.05 Å². The van der Waals surface area contributed by atoms with Crippen LogP contribution >= 0.6 is 0 Å². The number of hydrogen-bond donors (Lipinski definition) is 1. The minimum Gasteiger partial charge on any atom is -0.312 e. The van der Waals surface area contributed by atoms with E-state index in [9.17, 15) is 13.2 Å². The standard InChI is InChI=1S/C15H15F3N2/c1-9(13-5-3-4-6-20-13)15(19-2)10-7-11(16)14(18)12(17)8-10/h3-9,15,19H,1-2H3. The molecular weight excluding hydrogens is 265 g/mol. The van der Waals surface area contributed by atoms with Crippen LogP contribution in [0.5, 0.6) is 0 Å². The van der Waals surface area contributed by atoms with Gasteiger partial charge in [-0.3, -0.25) is 4.98 Å². The summed E-state index contributed by atoms with van der Waals surface area (Å²) >= 11 is 0. The van der Waals surface area contributed by atoms with Crippen molar-refractivity contribution in [3.63, 3.8) is 0 Å². The topological polar surface area (TPSA) is 24.9 Å². The number of nitrogens with zero attached hydrogens (tertiary/aromatic N) is 1. The summed E-state index contributed by atoms with van der Waals surface area (Å²) in [5.74, 6) is -3.94. The molecule has 0 spiro atoms. The van der Waals surface area contributed by atoms with Gasteiger partial charge in [-0.15, -0.1) is 0 Å². The molecule has 0 bridgehead atoms. The fraction of sp³-hybridized carbons (Fsp3) is 0.267. The summed E-state index contributed by atoms with van der Waals surface area (Å²) in [5.41, 5.74) is 1.14. The third kappa shape index (κ3) is 2.82. The number of aromatic nitrogens is 1. The molecule has 0 radical (unpaired) electrons. The predicted molar refractivity (Wildman–Crippen MR) is 70.8 cm³/mol. The van der Waals surface area contributed by atoms with E-state index < -0.39 is 17.5 Å². The molecule has 0 fully saturated rings. The number of likely N-dealkylation sites (N-methyl/N-ethyl adjacent to an activating group) is 1. The highest BCUT2D eigenvalue weighted by Crippen LogP contribution is 2.30. The van der Waals surface area contributed by atoms with Gasteiger partial charge in [-0.25, -0.2) is 13.2 Å². The molecule has 1 heterocycles. The molecule has 1 N–H and O–H groups in total. The number of hydrogen-bond acceptors (Lipinski definition) is 2. The Morgan fingerprint density at radius 3 is 2.25 bits per heavy atom. The first-order valence-corrected chi connectivity index (χ1v) is 6.27. The molecule has 1 aromatic carbocycles. The Balaban J connectivity index is 2.38. The smallest absolute Gasteiger partial charge is 0.194 e. The first kappa shape index (κ1) is 14.5. The van der Waals surface area contributed by atoms with E-state index in [1.54, 1.807) is 19.3 Å². The van der Waals surface area contributed by atoms with Gasteiger partial charge in [-0.05, 0) is 36.9 Å². The third-order valence-electron chi connectivity index (χ3n) is 3.33. The van der Waals surface area contributed by atoms with Crippen molar-refractivity contribution < 1.29 is 13.2 Å². The fourth-order valence-corrected chi connectivity index (χ4v) is 2.28. The van der Waals surface area contributed by atoms with E-state index in [1.807, 2.05) is 19.1 Å². The minimum absolute atomic E-state index is 0.120. The number of benzene rings is 1. The van der Waals surface area contributed by atoms with Crippen LogP contribution in [0.2, 0.25) is 0 Å². The molecule has 0 aliphatic carbocycles. The van der Waals surface area contributed by atoms with Crippen LogP contribution in [0.15, 0.2) is 36.5 Å². The minimum atomic E-state index is -1.45. The van der Waals surface area contributed by atoms with E-state index in [4.69, 9.17) is 0 Å². The zero-order valence-corrected chi connectivity index (χ0v) is 11.2. The maximum Gasteiger partial charge on any atom is 0.194 e. The second-order valence-corrected chi connectivity index (χ2v) is 4.61. The molecule has 2 rings (SSSR count). The molecular formula is C15H15F3N2. The van der Waals surface area contributed by atoms with Gasteiger partial charge in [0.25, 0.3) is 0 Å². The summed E-state index contributed by atoms with van der Waals surface area (Å²) in [5, 5.41) is 2.99. The van der Waals surface area contributed by atoms with Crippen LogP contribution in [0.3, 0.4) is 0 Å². The molecule has 2 atom stereocenters. The largest absolute Gasteiger partial charge is 0.312 e. The van der Waals surface area contributed by atoms with Crippen LogP contribution in [0.1, 0.15) is 30.1 Å². The van der Waals surface area contributed by atoms with Crippen LogP contribution in [0, 0.1) is 17.5 Å². The maximum absolute atomic E-state index is 13.3. The first-order valence-electron chi connectivity index (χ1n) is 6.27. The molecule has 106 valence electrons. The lowest BCUT2D eigenvalue weighted by Crippen LogP contribution is -2.23. The van der Waals surface area contributed by atoms with Gasteiger partial charge in [0.15, 0.2) is 17.5 Å². The van der Waals surface area contributed by atoms with E-state index in [0.29, 0.717) is 5.56 Å². The van der Waals surface area contributed by atoms with E-state index in [-0.39, 0.29) is 12.0 Å². The van der Waals surface area contributed by atoms with Gasteiger partial charge in [0.1, 0.15) is 0 Å². The maximum atomic E-state index is 13.3. The molecule has 2 unspecified atom stereocenters. The lowest BCUT2D eigenvalue weighted by atomic mass is 9.91. The lowest BCUT2D eigenvalue weighted by molar-refractivity contribution is 0.434. The molecule has 0 aliphatic rings. The van der Waals surface area contributed by atoms with Crippen molar-refractivity contribution in [2.45, 2.75) is 18.9 Å². The molecule has 20 heavy (non-hydrogen) atoms. The van der Waals surface area contributed by atoms with Crippen LogP contribution in [0.4, 0.5) is 13.2 Å². The molecule has 0 aliphatic heterocycles. The summed E-state index contributed by atoms with van der Waals surface area (Å²) in [7, 11) is 1.68. The molecule has 2 nitrogen and oxygen atoms in total. The zero-order valence-electron chi connectivity index (χ0n) is 11.2. The van der Waals surface area contributed by atoms with Gasteiger partial charge in [0.05, 0.1) is 0 Å². The number of rotatable bonds is 4. The molecule has 0 saturated heterocycles. The fourth-order valence-electron chi connectivity index (χ4n) is 2.28. The van der Waals surface area contributed by atoms with Gasteiger partial charge >= 0.3 is 0 Å². The monoisotopic (exact) mass is 280 g/mol. The summed E-state index contributed by atoms with van der Waals surface area (Å²) in [6.45, 7) is 1.89. The summed E-state index contributed by atoms with van der Waals surface area (Å²) in [6.07, 6.45) is 1.66. The predicted octanol–water partition coefficient (Wildman–Crippen LogP) is 3.56. The Labute approximate surface area is 115 Å². The van der Waals surface area contributed by atoms with Crippen molar-refractivity contribution in [1.29, 1.82) is 0 Å². The highest BCUT2D eigenvalue weighted by atomic mass is 19.2. The number of halogens is 3. The molecule has 5 heteroatoms. The summed E-state index contributed by atoms with van der Waals surface area (Å²) < 4.78 is 39.7. The Kier molecular flexibility index (Phi) is 4.39. The van der Waals surface area contributed by atoms with Crippen LogP contribution in [-0.2, 0) is 0 Å². The van der Waals surface area contributed by atoms with Gasteiger partial charge < -0.3 is 5.32 Å². The highest BCUT2D eigenvalue weighted by molar-refractivity contribution is 5.26. The van der Waals surface area contributed by atoms with E-state index in [2.05, 4.69) is 10.3 Å². The molecule has 1 aromatic heterocycles. The Bertz CT molecular complexity index is 564. The van der Waals surface area contributed by atoms with Gasteiger partial charge in [-0.2, -0.15) is 0 Å². The van der Waals surface area contributed by atoms with Gasteiger partial charge in [-0.1, -0.05) is 13.0 Å². The summed E-state index contributed by atoms with van der Waals surface area (Å²) in [4.78, 5) is 4.23. The SMILES string of the molecule is CNC(c1cc(F)c(F)c(F)c1)C(C)c1ccccn1. The van der Waals surface area contributed by atoms with Crippen molar-refractivity contribution >= 4 is 0 Å². The Morgan fingerprint density at radius 2 is 1.75 bits per heavy atom. The highest BCUT2D eigenvalue weighted by Gasteiger charge is 2.23. The number of nitrogens with one attached hydrogen (secondary N) is 1. The Morgan fingerprint density at radius 1 is 1.10 bits per heavy atom. The first-order chi connectivity index (χ1) is 9.54. The van der Waals surface area contributed by atoms with Crippen molar-refractivity contribution in [2.24, 2.45) is 0 Å². The third-order valence-corrected chi connectivity index (χ3v) is 3.33.